The molecule has 26 heavy (non-hydrogen) atoms. The number of ether oxygens (including phenoxy) is 2. The molecule has 0 bridgehead atoms. The zero-order valence-corrected chi connectivity index (χ0v) is 15.6. The molecule has 1 N–H and O–H groups in total. The molecule has 0 heterocycles. The van der Waals surface area contributed by atoms with Gasteiger partial charge >= 0.3 is 6.09 Å². The van der Waals surface area contributed by atoms with E-state index in [1.54, 1.807) is 0 Å². The first kappa shape index (κ1) is 19.8. The van der Waals surface area contributed by atoms with Crippen molar-refractivity contribution in [2.75, 3.05) is 13.2 Å². The summed E-state index contributed by atoms with van der Waals surface area (Å²) in [6, 6.07) is 18.9. The molecule has 0 radical (unpaired) electrons. The first-order valence-electron chi connectivity index (χ1n) is 8.71. The second kappa shape index (κ2) is 9.25. The SMILES string of the molecule is CC(C)(C)OC(=O)N(Cc1ccccc1)C[C@H](O)COc1ccccc1. The Morgan fingerprint density at radius 2 is 1.62 bits per heavy atom. The molecule has 1 atom stereocenters. The highest BCUT2D eigenvalue weighted by atomic mass is 16.6. The van der Waals surface area contributed by atoms with E-state index in [2.05, 4.69) is 0 Å². The fourth-order valence-electron chi connectivity index (χ4n) is 2.35. The van der Waals surface area contributed by atoms with Crippen LogP contribution in [0.5, 0.6) is 5.75 Å². The van der Waals surface area contributed by atoms with E-state index in [0.29, 0.717) is 12.3 Å². The van der Waals surface area contributed by atoms with Crippen molar-refractivity contribution in [1.29, 1.82) is 0 Å². The maximum absolute atomic E-state index is 12.5. The molecule has 0 fully saturated rings. The van der Waals surface area contributed by atoms with Gasteiger partial charge in [-0.2, -0.15) is 0 Å². The molecule has 5 heteroatoms. The van der Waals surface area contributed by atoms with Crippen LogP contribution >= 0.6 is 0 Å². The number of aliphatic hydroxyl groups excluding tert-OH is 1. The second-order valence-electron chi connectivity index (χ2n) is 7.12. The molecule has 0 aliphatic carbocycles. The Balaban J connectivity index is 1.98. The zero-order valence-electron chi connectivity index (χ0n) is 15.6. The third kappa shape index (κ3) is 7.15. The average molecular weight is 357 g/mol. The molecule has 5 nitrogen and oxygen atoms in total. The number of hydrogen-bond acceptors (Lipinski definition) is 4. The quantitative estimate of drug-likeness (QED) is 0.817. The summed E-state index contributed by atoms with van der Waals surface area (Å²) in [4.78, 5) is 14.0. The van der Waals surface area contributed by atoms with Crippen LogP contribution in [0.1, 0.15) is 26.3 Å². The largest absolute Gasteiger partial charge is 0.491 e. The number of carbonyl (C=O) groups is 1. The Hall–Kier alpha value is -2.53. The minimum Gasteiger partial charge on any atom is -0.491 e. The Morgan fingerprint density at radius 3 is 2.19 bits per heavy atom. The Bertz CT molecular complexity index is 667. The van der Waals surface area contributed by atoms with Crippen LogP contribution < -0.4 is 4.74 Å². The highest BCUT2D eigenvalue weighted by Gasteiger charge is 2.24. The number of aliphatic hydroxyl groups is 1. The standard InChI is InChI=1S/C21H27NO4/c1-21(2,3)26-20(24)22(14-17-10-6-4-7-11-17)15-18(23)16-25-19-12-8-5-9-13-19/h4-13,18,23H,14-16H2,1-3H3/t18-/m0/s1. The summed E-state index contributed by atoms with van der Waals surface area (Å²) in [7, 11) is 0. The van der Waals surface area contributed by atoms with Crippen molar-refractivity contribution in [1.82, 2.24) is 4.90 Å². The molecule has 2 aromatic rings. The van der Waals surface area contributed by atoms with Gasteiger partial charge in [0.05, 0.1) is 6.54 Å². The van der Waals surface area contributed by atoms with E-state index in [0.717, 1.165) is 5.56 Å². The molecule has 0 aliphatic heterocycles. The number of hydrogen-bond donors (Lipinski definition) is 1. The zero-order chi connectivity index (χ0) is 19.0. The van der Waals surface area contributed by atoms with Crippen LogP contribution in [0.2, 0.25) is 0 Å². The maximum atomic E-state index is 12.5. The molecule has 0 saturated carbocycles. The van der Waals surface area contributed by atoms with E-state index >= 15 is 0 Å². The van der Waals surface area contributed by atoms with E-state index in [4.69, 9.17) is 9.47 Å². The summed E-state index contributed by atoms with van der Waals surface area (Å²) in [6.07, 6.45) is -1.29. The third-order valence-corrected chi connectivity index (χ3v) is 3.48. The van der Waals surface area contributed by atoms with Crippen LogP contribution in [0.3, 0.4) is 0 Å². The normalized spacial score (nSPS) is 12.3. The lowest BCUT2D eigenvalue weighted by Crippen LogP contribution is -2.42. The number of amides is 1. The number of nitrogens with zero attached hydrogens (tertiary/aromatic N) is 1. The van der Waals surface area contributed by atoms with Gasteiger partial charge in [-0.05, 0) is 38.5 Å². The van der Waals surface area contributed by atoms with Gasteiger partial charge in [-0.25, -0.2) is 4.79 Å². The highest BCUT2D eigenvalue weighted by Crippen LogP contribution is 2.14. The predicted octanol–water partition coefficient (Wildman–Crippen LogP) is 3.86. The van der Waals surface area contributed by atoms with Crippen molar-refractivity contribution in [3.63, 3.8) is 0 Å². The monoisotopic (exact) mass is 357 g/mol. The van der Waals surface area contributed by atoms with Crippen molar-refractivity contribution in [3.8, 4) is 5.75 Å². The molecule has 140 valence electrons. The van der Waals surface area contributed by atoms with E-state index in [1.807, 2.05) is 81.4 Å². The van der Waals surface area contributed by atoms with E-state index < -0.39 is 17.8 Å². The number of para-hydroxylation sites is 1. The minimum atomic E-state index is -0.827. The van der Waals surface area contributed by atoms with E-state index in [-0.39, 0.29) is 13.2 Å². The van der Waals surface area contributed by atoms with Gasteiger partial charge in [0.15, 0.2) is 0 Å². The number of carbonyl (C=O) groups excluding carboxylic acids is 1. The van der Waals surface area contributed by atoms with Crippen LogP contribution in [0, 0.1) is 0 Å². The van der Waals surface area contributed by atoms with Gasteiger partial charge in [-0.15, -0.1) is 0 Å². The van der Waals surface area contributed by atoms with Gasteiger partial charge in [-0.3, -0.25) is 0 Å². The van der Waals surface area contributed by atoms with Gasteiger partial charge in [0.1, 0.15) is 24.1 Å². The Morgan fingerprint density at radius 1 is 1.04 bits per heavy atom. The van der Waals surface area contributed by atoms with Crippen molar-refractivity contribution in [3.05, 3.63) is 66.2 Å². The Labute approximate surface area is 155 Å². The fourth-order valence-corrected chi connectivity index (χ4v) is 2.35. The molecule has 2 rings (SSSR count). The molecule has 2 aromatic carbocycles. The first-order chi connectivity index (χ1) is 12.3. The van der Waals surface area contributed by atoms with E-state index in [1.165, 1.54) is 4.90 Å². The average Bonchev–Trinajstić information content (AvgIpc) is 2.60. The molecular weight excluding hydrogens is 330 g/mol. The lowest BCUT2D eigenvalue weighted by molar-refractivity contribution is 0.00711. The summed E-state index contributed by atoms with van der Waals surface area (Å²) >= 11 is 0. The van der Waals surface area contributed by atoms with Crippen LogP contribution in [0.25, 0.3) is 0 Å². The molecule has 0 aromatic heterocycles. The van der Waals surface area contributed by atoms with Gasteiger partial charge in [0, 0.05) is 6.54 Å². The summed E-state index contributed by atoms with van der Waals surface area (Å²) in [5.41, 5.74) is 0.367. The minimum absolute atomic E-state index is 0.0953. The summed E-state index contributed by atoms with van der Waals surface area (Å²) in [6.45, 7) is 6.04. The fraction of sp³-hybridized carbons (Fsp3) is 0.381. The third-order valence-electron chi connectivity index (χ3n) is 3.48. The maximum Gasteiger partial charge on any atom is 0.410 e. The van der Waals surface area contributed by atoms with Crippen molar-refractivity contribution < 1.29 is 19.4 Å². The summed E-state index contributed by atoms with van der Waals surface area (Å²) in [5.74, 6) is 0.679. The number of benzene rings is 2. The molecule has 0 unspecified atom stereocenters. The smallest absolute Gasteiger partial charge is 0.410 e. The summed E-state index contributed by atoms with van der Waals surface area (Å²) in [5, 5.41) is 10.3. The van der Waals surface area contributed by atoms with Crippen molar-refractivity contribution in [2.45, 2.75) is 39.0 Å². The summed E-state index contributed by atoms with van der Waals surface area (Å²) < 4.78 is 11.0. The second-order valence-corrected chi connectivity index (χ2v) is 7.12. The van der Waals surface area contributed by atoms with Crippen LogP contribution in [0.15, 0.2) is 60.7 Å². The first-order valence-corrected chi connectivity index (χ1v) is 8.71. The molecular formula is C21H27NO4. The lowest BCUT2D eigenvalue weighted by atomic mass is 10.2. The number of rotatable bonds is 7. The van der Waals surface area contributed by atoms with Crippen molar-refractivity contribution in [2.24, 2.45) is 0 Å². The van der Waals surface area contributed by atoms with Crippen molar-refractivity contribution >= 4 is 6.09 Å². The molecule has 0 saturated heterocycles. The molecule has 0 aliphatic rings. The molecule has 1 amide bonds. The Kier molecular flexibility index (Phi) is 7.04. The van der Waals surface area contributed by atoms with Gasteiger partial charge in [-0.1, -0.05) is 48.5 Å². The highest BCUT2D eigenvalue weighted by molar-refractivity contribution is 5.68. The van der Waals surface area contributed by atoms with E-state index in [9.17, 15) is 9.90 Å². The van der Waals surface area contributed by atoms with Crippen LogP contribution in [-0.4, -0.2) is 41.0 Å². The van der Waals surface area contributed by atoms with Gasteiger partial charge < -0.3 is 19.5 Å². The predicted molar refractivity (Wildman–Crippen MR) is 101 cm³/mol. The molecule has 0 spiro atoms. The van der Waals surface area contributed by atoms with Gasteiger partial charge in [0.2, 0.25) is 0 Å². The lowest BCUT2D eigenvalue weighted by Gasteiger charge is -2.29. The van der Waals surface area contributed by atoms with Gasteiger partial charge in [0.25, 0.3) is 0 Å². The van der Waals surface area contributed by atoms with Crippen LogP contribution in [-0.2, 0) is 11.3 Å². The topological polar surface area (TPSA) is 59.0 Å². The van der Waals surface area contributed by atoms with Crippen LogP contribution in [0.4, 0.5) is 4.79 Å².